The van der Waals surface area contributed by atoms with Crippen molar-refractivity contribution in [2.45, 2.75) is 49.7 Å². The van der Waals surface area contributed by atoms with E-state index in [0.29, 0.717) is 11.4 Å². The van der Waals surface area contributed by atoms with Gasteiger partial charge in [0.25, 0.3) is 0 Å². The number of hydrogen-bond acceptors (Lipinski definition) is 7. The van der Waals surface area contributed by atoms with E-state index >= 15 is 0 Å². The average Bonchev–Trinajstić information content (AvgIpc) is 2.78. The molecule has 1 saturated heterocycles. The number of rotatable bonds is 6. The third-order valence-corrected chi connectivity index (χ3v) is 7.69. The van der Waals surface area contributed by atoms with Crippen molar-refractivity contribution in [2.75, 3.05) is 32.6 Å². The Balaban J connectivity index is 1.63. The van der Waals surface area contributed by atoms with E-state index in [9.17, 15) is 18.3 Å². The zero-order valence-corrected chi connectivity index (χ0v) is 20.9. The Kier molecular flexibility index (Phi) is 7.44. The van der Waals surface area contributed by atoms with Crippen LogP contribution in [0.5, 0.6) is 11.5 Å². The Hall–Kier alpha value is -2.82. The Labute approximate surface area is 200 Å². The van der Waals surface area contributed by atoms with Gasteiger partial charge in [0.1, 0.15) is 16.4 Å². The number of aliphatic hydroxyl groups is 1. The number of ether oxygens (including phenoxy) is 3. The van der Waals surface area contributed by atoms with Gasteiger partial charge >= 0.3 is 6.09 Å². The first kappa shape index (κ1) is 25.8. The summed E-state index contributed by atoms with van der Waals surface area (Å²) in [6.45, 7) is 6.21. The third-order valence-electron chi connectivity index (χ3n) is 5.77. The van der Waals surface area contributed by atoms with Crippen LogP contribution < -0.4 is 14.8 Å². The lowest BCUT2D eigenvalue weighted by Crippen LogP contribution is -2.49. The second kappa shape index (κ2) is 9.81. The zero-order chi connectivity index (χ0) is 25.1. The lowest BCUT2D eigenvalue weighted by molar-refractivity contribution is -0.180. The van der Waals surface area contributed by atoms with Gasteiger partial charge in [-0.25, -0.2) is 13.2 Å². The maximum atomic E-state index is 13.2. The number of carbonyl (C=O) groups is 1. The molecule has 0 spiro atoms. The molecule has 2 aromatic carbocycles. The standard InChI is InChI=1S/C24H32N2O7S/c1-23(2,3)17-6-8-18(9-7-17)25-22(27)33-24(28)12-14-26(15-13-24)34(29,30)21-16-19(31-4)10-11-20(21)32-5/h6-11,16,28H,12-15H2,1-5H3,(H,25,27). The zero-order valence-electron chi connectivity index (χ0n) is 20.1. The maximum absolute atomic E-state index is 13.2. The lowest BCUT2D eigenvalue weighted by atomic mass is 9.87. The second-order valence-corrected chi connectivity index (χ2v) is 11.1. The van der Waals surface area contributed by atoms with E-state index in [1.165, 1.54) is 30.7 Å². The Bertz CT molecular complexity index is 1120. The largest absolute Gasteiger partial charge is 0.497 e. The predicted octanol–water partition coefficient (Wildman–Crippen LogP) is 3.72. The molecule has 9 nitrogen and oxygen atoms in total. The Morgan fingerprint density at radius 3 is 2.18 bits per heavy atom. The molecule has 34 heavy (non-hydrogen) atoms. The number of amides is 1. The molecule has 0 saturated carbocycles. The molecular weight excluding hydrogens is 460 g/mol. The van der Waals surface area contributed by atoms with Gasteiger partial charge in [-0.05, 0) is 35.2 Å². The van der Waals surface area contributed by atoms with Gasteiger partial charge in [-0.3, -0.25) is 5.32 Å². The molecule has 186 valence electrons. The minimum atomic E-state index is -3.92. The van der Waals surface area contributed by atoms with Crippen LogP contribution in [-0.2, 0) is 20.2 Å². The van der Waals surface area contributed by atoms with Crippen LogP contribution in [0, 0.1) is 0 Å². The highest BCUT2D eigenvalue weighted by atomic mass is 32.2. The summed E-state index contributed by atoms with van der Waals surface area (Å²) in [5, 5.41) is 13.4. The number of nitrogens with zero attached hydrogens (tertiary/aromatic N) is 1. The van der Waals surface area contributed by atoms with Crippen molar-refractivity contribution in [3.63, 3.8) is 0 Å². The normalized spacial score (nSPS) is 16.5. The van der Waals surface area contributed by atoms with Crippen molar-refractivity contribution in [3.8, 4) is 11.5 Å². The van der Waals surface area contributed by atoms with Gasteiger partial charge in [-0.1, -0.05) is 32.9 Å². The molecule has 0 bridgehead atoms. The van der Waals surface area contributed by atoms with Crippen LogP contribution in [0.1, 0.15) is 39.2 Å². The van der Waals surface area contributed by atoms with Crippen molar-refractivity contribution < 1.29 is 32.5 Å². The van der Waals surface area contributed by atoms with Crippen LogP contribution in [0.3, 0.4) is 0 Å². The molecule has 1 heterocycles. The second-order valence-electron chi connectivity index (χ2n) is 9.21. The van der Waals surface area contributed by atoms with Crippen LogP contribution in [0.15, 0.2) is 47.4 Å². The summed E-state index contributed by atoms with van der Waals surface area (Å²) in [6, 6.07) is 11.9. The highest BCUT2D eigenvalue weighted by molar-refractivity contribution is 7.89. The van der Waals surface area contributed by atoms with Crippen LogP contribution in [0.4, 0.5) is 10.5 Å². The van der Waals surface area contributed by atoms with E-state index in [4.69, 9.17) is 14.2 Å². The molecule has 0 radical (unpaired) electrons. The van der Waals surface area contributed by atoms with Gasteiger partial charge in [0.15, 0.2) is 0 Å². The summed E-state index contributed by atoms with van der Waals surface area (Å²) in [6.07, 6.45) is -0.958. The molecule has 2 aromatic rings. The number of carbonyl (C=O) groups excluding carboxylic acids is 1. The highest BCUT2D eigenvalue weighted by Crippen LogP contribution is 2.34. The van der Waals surface area contributed by atoms with E-state index in [1.54, 1.807) is 18.2 Å². The van der Waals surface area contributed by atoms with Crippen LogP contribution >= 0.6 is 0 Å². The fraction of sp³-hybridized carbons (Fsp3) is 0.458. The monoisotopic (exact) mass is 492 g/mol. The third kappa shape index (κ3) is 5.81. The number of hydrogen-bond donors (Lipinski definition) is 2. The van der Waals surface area contributed by atoms with E-state index in [1.807, 2.05) is 12.1 Å². The molecule has 1 aliphatic rings. The fourth-order valence-electron chi connectivity index (χ4n) is 3.67. The van der Waals surface area contributed by atoms with Gasteiger partial charge in [-0.15, -0.1) is 0 Å². The first-order chi connectivity index (χ1) is 15.9. The minimum absolute atomic E-state index is 0.0165. The highest BCUT2D eigenvalue weighted by Gasteiger charge is 2.41. The van der Waals surface area contributed by atoms with Crippen molar-refractivity contribution in [1.29, 1.82) is 0 Å². The van der Waals surface area contributed by atoms with Crippen molar-refractivity contribution >= 4 is 21.8 Å². The summed E-state index contributed by atoms with van der Waals surface area (Å²) in [5.41, 5.74) is 1.63. The molecule has 1 fully saturated rings. The summed E-state index contributed by atoms with van der Waals surface area (Å²) in [5.74, 6) is -1.21. The molecule has 10 heteroatoms. The van der Waals surface area contributed by atoms with Gasteiger partial charge in [0.2, 0.25) is 15.8 Å². The van der Waals surface area contributed by atoms with E-state index in [-0.39, 0.29) is 42.0 Å². The van der Waals surface area contributed by atoms with Crippen LogP contribution in [-0.4, -0.2) is 57.0 Å². The van der Waals surface area contributed by atoms with Gasteiger partial charge in [-0.2, -0.15) is 4.31 Å². The molecule has 3 rings (SSSR count). The molecular formula is C24H32N2O7S. The Morgan fingerprint density at radius 2 is 1.65 bits per heavy atom. The van der Waals surface area contributed by atoms with Gasteiger partial charge < -0.3 is 19.3 Å². The number of nitrogens with one attached hydrogen (secondary N) is 1. The summed E-state index contributed by atoms with van der Waals surface area (Å²) in [4.78, 5) is 12.3. The lowest BCUT2D eigenvalue weighted by Gasteiger charge is -2.36. The molecule has 2 N–H and O–H groups in total. The maximum Gasteiger partial charge on any atom is 0.414 e. The molecule has 1 aliphatic heterocycles. The summed E-state index contributed by atoms with van der Waals surface area (Å²) in [7, 11) is -1.09. The molecule has 0 aliphatic carbocycles. The number of benzene rings is 2. The van der Waals surface area contributed by atoms with E-state index < -0.39 is 21.9 Å². The van der Waals surface area contributed by atoms with Crippen molar-refractivity contribution in [2.24, 2.45) is 0 Å². The van der Waals surface area contributed by atoms with Crippen LogP contribution in [0.25, 0.3) is 0 Å². The van der Waals surface area contributed by atoms with Crippen molar-refractivity contribution in [3.05, 3.63) is 48.0 Å². The predicted molar refractivity (Wildman–Crippen MR) is 128 cm³/mol. The first-order valence-corrected chi connectivity index (χ1v) is 12.4. The summed E-state index contributed by atoms with van der Waals surface area (Å²) < 4.78 is 43.2. The molecule has 0 atom stereocenters. The average molecular weight is 493 g/mol. The number of piperidine rings is 1. The number of sulfonamides is 1. The first-order valence-electron chi connectivity index (χ1n) is 10.9. The smallest absolute Gasteiger partial charge is 0.414 e. The van der Waals surface area contributed by atoms with Gasteiger partial charge in [0, 0.05) is 37.7 Å². The topological polar surface area (TPSA) is 114 Å². The fourth-order valence-corrected chi connectivity index (χ4v) is 5.28. The SMILES string of the molecule is COc1ccc(OC)c(S(=O)(=O)N2CCC(O)(OC(=O)Nc3ccc(C(C)(C)C)cc3)CC2)c1. The van der Waals surface area contributed by atoms with Gasteiger partial charge in [0.05, 0.1) is 14.2 Å². The van der Waals surface area contributed by atoms with Crippen LogP contribution in [0.2, 0.25) is 0 Å². The Morgan fingerprint density at radius 1 is 1.03 bits per heavy atom. The number of methoxy groups -OCH3 is 2. The molecule has 0 unspecified atom stereocenters. The van der Waals surface area contributed by atoms with Crippen molar-refractivity contribution in [1.82, 2.24) is 4.31 Å². The van der Waals surface area contributed by atoms with E-state index in [2.05, 4.69) is 26.1 Å². The van der Waals surface area contributed by atoms with E-state index in [0.717, 1.165) is 5.56 Å². The molecule has 0 aromatic heterocycles. The summed E-state index contributed by atoms with van der Waals surface area (Å²) >= 11 is 0. The number of anilines is 1. The quantitative estimate of drug-likeness (QED) is 0.591. The molecule has 1 amide bonds. The minimum Gasteiger partial charge on any atom is -0.497 e.